The van der Waals surface area contributed by atoms with Crippen LogP contribution in [0.4, 0.5) is 0 Å². The minimum absolute atomic E-state index is 0.0944. The first-order valence-corrected chi connectivity index (χ1v) is 5.43. The van der Waals surface area contributed by atoms with Crippen molar-refractivity contribution in [1.82, 2.24) is 5.32 Å². The zero-order valence-corrected chi connectivity index (χ0v) is 9.60. The molecule has 3 nitrogen and oxygen atoms in total. The Labute approximate surface area is 86.9 Å². The van der Waals surface area contributed by atoms with E-state index in [1.165, 1.54) is 0 Å². The van der Waals surface area contributed by atoms with E-state index >= 15 is 0 Å². The minimum Gasteiger partial charge on any atom is -0.396 e. The van der Waals surface area contributed by atoms with Crippen LogP contribution in [0, 0.1) is 0 Å². The molecule has 0 fully saturated rings. The van der Waals surface area contributed by atoms with Crippen LogP contribution in [-0.4, -0.2) is 23.2 Å². The Balaban J connectivity index is 3.69. The standard InChI is InChI=1S/C11H23NO2/c1-4-5-6-7-10(14)12-11(2,3)8-9-13/h13H,4-9H2,1-3H3,(H,12,14). The van der Waals surface area contributed by atoms with E-state index in [0.717, 1.165) is 19.3 Å². The number of amides is 1. The van der Waals surface area contributed by atoms with E-state index in [4.69, 9.17) is 5.11 Å². The van der Waals surface area contributed by atoms with Gasteiger partial charge in [0.1, 0.15) is 0 Å². The monoisotopic (exact) mass is 201 g/mol. The van der Waals surface area contributed by atoms with Gasteiger partial charge in [0, 0.05) is 18.6 Å². The Morgan fingerprint density at radius 1 is 1.36 bits per heavy atom. The zero-order valence-electron chi connectivity index (χ0n) is 9.60. The van der Waals surface area contributed by atoms with Crippen LogP contribution in [0.25, 0.3) is 0 Å². The van der Waals surface area contributed by atoms with Crippen LogP contribution in [-0.2, 0) is 4.79 Å². The van der Waals surface area contributed by atoms with Gasteiger partial charge in [0.2, 0.25) is 5.91 Å². The van der Waals surface area contributed by atoms with Crippen molar-refractivity contribution in [3.63, 3.8) is 0 Å². The fourth-order valence-corrected chi connectivity index (χ4v) is 1.32. The maximum Gasteiger partial charge on any atom is 0.220 e. The van der Waals surface area contributed by atoms with Crippen LogP contribution in [0.3, 0.4) is 0 Å². The highest BCUT2D eigenvalue weighted by Crippen LogP contribution is 2.08. The van der Waals surface area contributed by atoms with E-state index in [1.54, 1.807) is 0 Å². The second-order valence-electron chi connectivity index (χ2n) is 4.36. The molecule has 84 valence electrons. The van der Waals surface area contributed by atoms with Gasteiger partial charge in [-0.05, 0) is 26.7 Å². The van der Waals surface area contributed by atoms with E-state index in [9.17, 15) is 4.79 Å². The summed E-state index contributed by atoms with van der Waals surface area (Å²) in [6.07, 6.45) is 4.40. The molecule has 3 heteroatoms. The largest absolute Gasteiger partial charge is 0.396 e. The van der Waals surface area contributed by atoms with Crippen LogP contribution in [0.5, 0.6) is 0 Å². The van der Waals surface area contributed by atoms with Gasteiger partial charge >= 0.3 is 0 Å². The Hall–Kier alpha value is -0.570. The maximum absolute atomic E-state index is 11.4. The minimum atomic E-state index is -0.280. The maximum atomic E-state index is 11.4. The third-order valence-electron chi connectivity index (χ3n) is 2.22. The molecule has 1 amide bonds. The molecule has 0 aliphatic heterocycles. The molecule has 0 rings (SSSR count). The quantitative estimate of drug-likeness (QED) is 0.617. The third-order valence-corrected chi connectivity index (χ3v) is 2.22. The Kier molecular flexibility index (Phi) is 6.54. The van der Waals surface area contributed by atoms with Gasteiger partial charge in [-0.15, -0.1) is 0 Å². The first-order chi connectivity index (χ1) is 6.52. The molecule has 0 radical (unpaired) electrons. The summed E-state index contributed by atoms with van der Waals surface area (Å²) in [5.74, 6) is 0.0944. The number of nitrogens with one attached hydrogen (secondary N) is 1. The van der Waals surface area contributed by atoms with Gasteiger partial charge in [-0.1, -0.05) is 19.8 Å². The summed E-state index contributed by atoms with van der Waals surface area (Å²) in [6.45, 7) is 6.09. The molecule has 2 N–H and O–H groups in total. The molecular formula is C11H23NO2. The molecule has 0 aliphatic rings. The number of carbonyl (C=O) groups excluding carboxylic acids is 1. The van der Waals surface area contributed by atoms with Gasteiger partial charge in [0.05, 0.1) is 0 Å². The number of aliphatic hydroxyl groups is 1. The average molecular weight is 201 g/mol. The van der Waals surface area contributed by atoms with Crippen molar-refractivity contribution in [2.45, 2.75) is 58.4 Å². The predicted octanol–water partition coefficient (Wildman–Crippen LogP) is 1.84. The van der Waals surface area contributed by atoms with Crippen molar-refractivity contribution in [1.29, 1.82) is 0 Å². The van der Waals surface area contributed by atoms with E-state index in [0.29, 0.717) is 12.8 Å². The number of hydrogen-bond acceptors (Lipinski definition) is 2. The van der Waals surface area contributed by atoms with Gasteiger partial charge < -0.3 is 10.4 Å². The fourth-order valence-electron chi connectivity index (χ4n) is 1.32. The lowest BCUT2D eigenvalue weighted by Gasteiger charge is -2.25. The molecule has 0 saturated heterocycles. The Morgan fingerprint density at radius 3 is 2.50 bits per heavy atom. The van der Waals surface area contributed by atoms with Crippen LogP contribution in [0.2, 0.25) is 0 Å². The number of hydrogen-bond donors (Lipinski definition) is 2. The SMILES string of the molecule is CCCCCC(=O)NC(C)(C)CCO. The summed E-state index contributed by atoms with van der Waals surface area (Å²) < 4.78 is 0. The van der Waals surface area contributed by atoms with E-state index in [-0.39, 0.29) is 18.1 Å². The van der Waals surface area contributed by atoms with E-state index in [2.05, 4.69) is 12.2 Å². The number of carbonyl (C=O) groups is 1. The molecular weight excluding hydrogens is 178 g/mol. The second kappa shape index (κ2) is 6.82. The van der Waals surface area contributed by atoms with Gasteiger partial charge in [-0.2, -0.15) is 0 Å². The first kappa shape index (κ1) is 13.4. The Bertz CT molecular complexity index is 167. The van der Waals surface area contributed by atoms with Crippen LogP contribution < -0.4 is 5.32 Å². The number of aliphatic hydroxyl groups excluding tert-OH is 1. The zero-order chi connectivity index (χ0) is 11.0. The predicted molar refractivity (Wildman–Crippen MR) is 58.1 cm³/mol. The molecule has 0 saturated carbocycles. The summed E-state index contributed by atoms with van der Waals surface area (Å²) in [6, 6.07) is 0. The molecule has 14 heavy (non-hydrogen) atoms. The lowest BCUT2D eigenvalue weighted by Crippen LogP contribution is -2.43. The summed E-state index contributed by atoms with van der Waals surface area (Å²) in [7, 11) is 0. The number of unbranched alkanes of at least 4 members (excludes halogenated alkanes) is 2. The van der Waals surface area contributed by atoms with E-state index in [1.807, 2.05) is 13.8 Å². The molecule has 0 heterocycles. The third kappa shape index (κ3) is 6.89. The summed E-state index contributed by atoms with van der Waals surface area (Å²) >= 11 is 0. The molecule has 0 atom stereocenters. The molecule has 0 aromatic heterocycles. The van der Waals surface area contributed by atoms with Crippen LogP contribution in [0.1, 0.15) is 52.9 Å². The van der Waals surface area contributed by atoms with Gasteiger partial charge in [0.25, 0.3) is 0 Å². The lowest BCUT2D eigenvalue weighted by molar-refractivity contribution is -0.122. The van der Waals surface area contributed by atoms with Crippen LogP contribution >= 0.6 is 0 Å². The highest BCUT2D eigenvalue weighted by atomic mass is 16.3. The fraction of sp³-hybridized carbons (Fsp3) is 0.909. The highest BCUT2D eigenvalue weighted by molar-refractivity contribution is 5.76. The van der Waals surface area contributed by atoms with E-state index < -0.39 is 0 Å². The Morgan fingerprint density at radius 2 is 2.00 bits per heavy atom. The molecule has 0 spiro atoms. The normalized spacial score (nSPS) is 11.4. The smallest absolute Gasteiger partial charge is 0.220 e. The van der Waals surface area contributed by atoms with Crippen molar-refractivity contribution >= 4 is 5.91 Å². The van der Waals surface area contributed by atoms with Gasteiger partial charge in [-0.3, -0.25) is 4.79 Å². The summed E-state index contributed by atoms with van der Waals surface area (Å²) in [5, 5.41) is 11.7. The molecule has 0 bridgehead atoms. The van der Waals surface area contributed by atoms with Crippen molar-refractivity contribution in [2.75, 3.05) is 6.61 Å². The van der Waals surface area contributed by atoms with Crippen molar-refractivity contribution < 1.29 is 9.90 Å². The first-order valence-electron chi connectivity index (χ1n) is 5.43. The molecule has 0 aromatic carbocycles. The lowest BCUT2D eigenvalue weighted by atomic mass is 10.0. The topological polar surface area (TPSA) is 49.3 Å². The van der Waals surface area contributed by atoms with Gasteiger partial charge in [0.15, 0.2) is 0 Å². The van der Waals surface area contributed by atoms with Crippen LogP contribution in [0.15, 0.2) is 0 Å². The second-order valence-corrected chi connectivity index (χ2v) is 4.36. The average Bonchev–Trinajstić information content (AvgIpc) is 2.03. The van der Waals surface area contributed by atoms with Crippen molar-refractivity contribution in [3.8, 4) is 0 Å². The molecule has 0 aromatic rings. The number of rotatable bonds is 7. The molecule has 0 aliphatic carbocycles. The van der Waals surface area contributed by atoms with Gasteiger partial charge in [-0.25, -0.2) is 0 Å². The van der Waals surface area contributed by atoms with Crippen molar-refractivity contribution in [2.24, 2.45) is 0 Å². The summed E-state index contributed by atoms with van der Waals surface area (Å²) in [5.41, 5.74) is -0.280. The summed E-state index contributed by atoms with van der Waals surface area (Å²) in [4.78, 5) is 11.4. The highest BCUT2D eigenvalue weighted by Gasteiger charge is 2.18. The molecule has 0 unspecified atom stereocenters. The van der Waals surface area contributed by atoms with Crippen molar-refractivity contribution in [3.05, 3.63) is 0 Å².